The van der Waals surface area contributed by atoms with Crippen LogP contribution in [0.4, 0.5) is 0 Å². The fourth-order valence-electron chi connectivity index (χ4n) is 3.68. The van der Waals surface area contributed by atoms with Crippen LogP contribution >= 0.6 is 11.3 Å². The smallest absolute Gasteiger partial charge is 0.0705 e. The second-order valence-electron chi connectivity index (χ2n) is 7.53. The largest absolute Gasteiger partial charge is 0.256 e. The fraction of sp³-hybridized carbons (Fsp3) is 0.148. The Bertz CT molecular complexity index is 1470. The van der Waals surface area contributed by atoms with Crippen molar-refractivity contribution in [3.05, 3.63) is 90.1 Å². The number of benzene rings is 3. The van der Waals surface area contributed by atoms with Crippen LogP contribution < -0.4 is 0 Å². The van der Waals surface area contributed by atoms with Crippen molar-refractivity contribution in [3.8, 4) is 22.4 Å². The lowest BCUT2D eigenvalue weighted by atomic mass is 10.00. The molecule has 29 heavy (non-hydrogen) atoms. The second-order valence-corrected chi connectivity index (χ2v) is 8.61. The van der Waals surface area contributed by atoms with E-state index in [2.05, 4.69) is 41.4 Å². The maximum absolute atomic E-state index is 8.33. The highest BCUT2D eigenvalue weighted by atomic mass is 32.1. The second kappa shape index (κ2) is 7.13. The molecular weight excluding hydrogens is 370 g/mol. The molecule has 0 saturated heterocycles. The third-order valence-corrected chi connectivity index (χ3v) is 6.46. The molecule has 3 aromatic carbocycles. The maximum atomic E-state index is 8.33. The molecule has 0 spiro atoms. The lowest BCUT2D eigenvalue weighted by molar-refractivity contribution is 0.864. The van der Waals surface area contributed by atoms with Crippen molar-refractivity contribution in [2.75, 3.05) is 0 Å². The molecule has 2 heterocycles. The molecule has 0 unspecified atom stereocenters. The van der Waals surface area contributed by atoms with E-state index < -0.39 is 12.7 Å². The molecule has 0 aliphatic rings. The molecule has 0 bridgehead atoms. The highest BCUT2D eigenvalue weighted by Gasteiger charge is 2.10. The first-order valence-electron chi connectivity index (χ1n) is 11.6. The van der Waals surface area contributed by atoms with Gasteiger partial charge in [-0.2, -0.15) is 0 Å². The van der Waals surface area contributed by atoms with Crippen LogP contribution in [-0.2, 0) is 0 Å². The molecule has 0 atom stereocenters. The van der Waals surface area contributed by atoms with Gasteiger partial charge in [-0.1, -0.05) is 61.9 Å². The molecule has 2 aromatic heterocycles. The van der Waals surface area contributed by atoms with E-state index >= 15 is 0 Å². The Morgan fingerprint density at radius 3 is 2.38 bits per heavy atom. The van der Waals surface area contributed by atoms with E-state index in [-0.39, 0.29) is 0 Å². The molecule has 0 radical (unpaired) electrons. The number of hydrogen-bond donors (Lipinski definition) is 0. The van der Waals surface area contributed by atoms with Gasteiger partial charge in [0.15, 0.2) is 0 Å². The van der Waals surface area contributed by atoms with Crippen LogP contribution in [0.3, 0.4) is 0 Å². The first-order chi connectivity index (χ1) is 15.6. The zero-order valence-corrected chi connectivity index (χ0v) is 17.2. The van der Waals surface area contributed by atoms with Gasteiger partial charge in [0, 0.05) is 37.4 Å². The normalized spacial score (nSPS) is 14.4. The van der Waals surface area contributed by atoms with E-state index in [1.807, 2.05) is 38.1 Å². The van der Waals surface area contributed by atoms with Crippen LogP contribution in [0, 0.1) is 6.85 Å². The summed E-state index contributed by atoms with van der Waals surface area (Å²) in [5.74, 6) is -0.672. The topological polar surface area (TPSA) is 12.9 Å². The molecule has 142 valence electrons. The van der Waals surface area contributed by atoms with Gasteiger partial charge in [-0.3, -0.25) is 4.98 Å². The zero-order valence-electron chi connectivity index (χ0n) is 20.4. The summed E-state index contributed by atoms with van der Waals surface area (Å²) in [5.41, 5.74) is 5.28. The number of aromatic nitrogens is 1. The van der Waals surface area contributed by atoms with Crippen molar-refractivity contribution in [2.45, 2.75) is 26.6 Å². The summed E-state index contributed by atoms with van der Waals surface area (Å²) < 4.78 is 33.4. The van der Waals surface area contributed by atoms with E-state index in [1.165, 1.54) is 20.2 Å². The van der Waals surface area contributed by atoms with Gasteiger partial charge in [0.2, 0.25) is 0 Å². The lowest BCUT2D eigenvalue weighted by Gasteiger charge is -2.08. The Kier molecular flexibility index (Phi) is 3.46. The molecule has 0 aliphatic heterocycles. The molecule has 0 amide bonds. The Labute approximate surface area is 181 Å². The summed E-state index contributed by atoms with van der Waals surface area (Å²) in [6.45, 7) is 1.68. The minimum Gasteiger partial charge on any atom is -0.256 e. The SMILES string of the molecule is [2H]C([2H])([2H])c1ccc(-c2ccc3c(c2)sc2ccc(-c4cc(C([2H])(C)C)ccn4)cc23)cc1. The molecule has 2 heteroatoms. The first kappa shape index (κ1) is 14.1. The summed E-state index contributed by atoms with van der Waals surface area (Å²) in [6.07, 6.45) is 1.78. The summed E-state index contributed by atoms with van der Waals surface area (Å²) in [5, 5.41) is 2.38. The van der Waals surface area contributed by atoms with E-state index in [9.17, 15) is 0 Å². The lowest BCUT2D eigenvalue weighted by Crippen LogP contribution is -1.90. The number of aryl methyl sites for hydroxylation is 1. The number of fused-ring (bicyclic) bond motifs is 3. The fourth-order valence-corrected chi connectivity index (χ4v) is 4.80. The van der Waals surface area contributed by atoms with Gasteiger partial charge in [-0.15, -0.1) is 11.3 Å². The first-order valence-corrected chi connectivity index (χ1v) is 10.5. The molecule has 5 aromatic rings. The minimum atomic E-state index is -2.09. The van der Waals surface area contributed by atoms with Crippen molar-refractivity contribution >= 4 is 31.5 Å². The van der Waals surface area contributed by atoms with Crippen molar-refractivity contribution in [1.29, 1.82) is 0 Å². The molecule has 0 N–H and O–H groups in total. The van der Waals surface area contributed by atoms with Crippen LogP contribution in [0.2, 0.25) is 0 Å². The predicted octanol–water partition coefficient (Wildman–Crippen LogP) is 8.22. The summed E-state index contributed by atoms with van der Waals surface area (Å²) >= 11 is 1.75. The Morgan fingerprint density at radius 1 is 0.793 bits per heavy atom. The van der Waals surface area contributed by atoms with Crippen LogP contribution in [-0.4, -0.2) is 4.98 Å². The van der Waals surface area contributed by atoms with Gasteiger partial charge in [-0.25, -0.2) is 0 Å². The summed E-state index contributed by atoms with van der Waals surface area (Å²) in [7, 11) is 0. The van der Waals surface area contributed by atoms with Gasteiger partial charge in [0.1, 0.15) is 0 Å². The number of nitrogens with zero attached hydrogens (tertiary/aromatic N) is 1. The van der Waals surface area contributed by atoms with Crippen molar-refractivity contribution in [3.63, 3.8) is 0 Å². The number of thiophene rings is 1. The van der Waals surface area contributed by atoms with Gasteiger partial charge in [-0.05, 0) is 59.8 Å². The summed E-state index contributed by atoms with van der Waals surface area (Å²) in [6, 6.07) is 23.8. The number of pyridine rings is 1. The predicted molar refractivity (Wildman–Crippen MR) is 127 cm³/mol. The molecule has 0 fully saturated rings. The standard InChI is InChI=1S/C27H23NS/c1-17(2)20-12-13-28-25(15-20)22-9-11-26-24(14-22)23-10-8-21(16-27(23)29-26)19-6-4-18(3)5-7-19/h4-17H,1-3H3/i3D3,17D. The van der Waals surface area contributed by atoms with Gasteiger partial charge in [0.05, 0.1) is 5.69 Å². The minimum absolute atomic E-state index is 0.355. The molecule has 1 nitrogen and oxygen atoms in total. The van der Waals surface area contributed by atoms with Gasteiger partial charge < -0.3 is 0 Å². The van der Waals surface area contributed by atoms with Crippen LogP contribution in [0.25, 0.3) is 42.6 Å². The summed E-state index contributed by atoms with van der Waals surface area (Å²) in [4.78, 5) is 4.55. The zero-order chi connectivity index (χ0) is 23.4. The Morgan fingerprint density at radius 2 is 1.59 bits per heavy atom. The quantitative estimate of drug-likeness (QED) is 0.299. The van der Waals surface area contributed by atoms with Crippen LogP contribution in [0.15, 0.2) is 79.0 Å². The Balaban J connectivity index is 1.55. The monoisotopic (exact) mass is 397 g/mol. The van der Waals surface area contributed by atoms with E-state index in [0.29, 0.717) is 5.56 Å². The van der Waals surface area contributed by atoms with E-state index in [1.54, 1.807) is 29.7 Å². The highest BCUT2D eigenvalue weighted by Crippen LogP contribution is 2.38. The van der Waals surface area contributed by atoms with Gasteiger partial charge >= 0.3 is 0 Å². The third kappa shape index (κ3) is 3.34. The molecule has 0 aliphatic carbocycles. The Hall–Kier alpha value is -2.97. The maximum Gasteiger partial charge on any atom is 0.0705 e. The molecular formula is C27H23NS. The van der Waals surface area contributed by atoms with Crippen LogP contribution in [0.5, 0.6) is 0 Å². The molecule has 5 rings (SSSR count). The number of hydrogen-bond acceptors (Lipinski definition) is 2. The molecule has 0 saturated carbocycles. The van der Waals surface area contributed by atoms with Crippen molar-refractivity contribution in [2.24, 2.45) is 0 Å². The van der Waals surface area contributed by atoms with Crippen molar-refractivity contribution in [1.82, 2.24) is 4.98 Å². The van der Waals surface area contributed by atoms with Crippen LogP contribution in [0.1, 0.15) is 36.4 Å². The average Bonchev–Trinajstić information content (AvgIpc) is 3.15. The van der Waals surface area contributed by atoms with Crippen molar-refractivity contribution < 1.29 is 5.48 Å². The third-order valence-electron chi connectivity index (χ3n) is 5.32. The number of rotatable bonds is 3. The van der Waals surface area contributed by atoms with E-state index in [4.69, 9.17) is 5.48 Å². The highest BCUT2D eigenvalue weighted by molar-refractivity contribution is 7.25. The van der Waals surface area contributed by atoms with E-state index in [0.717, 1.165) is 27.9 Å². The average molecular weight is 398 g/mol. The van der Waals surface area contributed by atoms with Gasteiger partial charge in [0.25, 0.3) is 0 Å².